The number of carbonyl (C=O) groups is 2. The third-order valence-electron chi connectivity index (χ3n) is 9.73. The topological polar surface area (TPSA) is 113 Å². The highest BCUT2D eigenvalue weighted by atomic mass is 127. The van der Waals surface area contributed by atoms with Gasteiger partial charge in [-0.05, 0) is 89.4 Å². The minimum absolute atomic E-state index is 0.0160. The molecular weight excluding hydrogens is 637 g/mol. The van der Waals surface area contributed by atoms with Gasteiger partial charge in [-0.25, -0.2) is 23.5 Å². The number of carbonyl (C=O) groups excluding carboxylic acids is 2. The first kappa shape index (κ1) is 27.5. The fourth-order valence-corrected chi connectivity index (χ4v) is 7.92. The second kappa shape index (κ2) is 9.17. The summed E-state index contributed by atoms with van der Waals surface area (Å²) in [5.74, 6) is -0.669. The highest BCUT2D eigenvalue weighted by Crippen LogP contribution is 2.66. The Labute approximate surface area is 249 Å². The lowest BCUT2D eigenvalue weighted by Crippen LogP contribution is -2.61. The number of benzene rings is 2. The van der Waals surface area contributed by atoms with E-state index in [0.29, 0.717) is 26.0 Å². The Hall–Kier alpha value is -3.67. The van der Waals surface area contributed by atoms with Crippen LogP contribution in [0.15, 0.2) is 74.8 Å². The molecule has 0 saturated heterocycles. The van der Waals surface area contributed by atoms with Gasteiger partial charge in [0.2, 0.25) is 0 Å². The molecule has 0 bridgehead atoms. The van der Waals surface area contributed by atoms with Gasteiger partial charge < -0.3 is 9.84 Å². The van der Waals surface area contributed by atoms with E-state index in [1.165, 1.54) is 16.5 Å². The van der Waals surface area contributed by atoms with E-state index in [2.05, 4.69) is 0 Å². The number of ether oxygens (including phenoxy) is 1. The Kier molecular flexibility index (Phi) is 6.15. The van der Waals surface area contributed by atoms with E-state index >= 15 is 0 Å². The van der Waals surface area contributed by atoms with Gasteiger partial charge >= 0.3 is 11.4 Å². The van der Waals surface area contributed by atoms with Crippen LogP contribution >= 0.6 is 22.6 Å². The molecule has 9 nitrogen and oxygen atoms in total. The molecule has 0 radical (unpaired) electrons. The molecule has 212 valence electrons. The summed E-state index contributed by atoms with van der Waals surface area (Å²) in [5, 5.41) is 10.6. The maximum Gasteiger partial charge on any atom is 0.352 e. The number of methoxy groups -OCH3 is 1. The van der Waals surface area contributed by atoms with E-state index in [1.807, 2.05) is 48.6 Å². The van der Waals surface area contributed by atoms with Crippen molar-refractivity contribution in [3.8, 4) is 17.2 Å². The molecule has 2 aromatic carbocycles. The Morgan fingerprint density at radius 3 is 2.29 bits per heavy atom. The first-order valence-corrected chi connectivity index (χ1v) is 14.5. The van der Waals surface area contributed by atoms with Crippen molar-refractivity contribution in [3.05, 3.63) is 95.4 Å². The molecule has 3 aromatic rings. The molecule has 0 unspecified atom stereocenters. The second-order valence-electron chi connectivity index (χ2n) is 11.5. The SMILES string of the molecule is COc1cc([C@H]2C3=CCn4c(=O)n(-c5ccccc5)c(=O)n4[C@@H]3C[C@@]3(C)C(=O)C(C)=C(C)C(=O)[C@@]23C)cc(I)c1O. The average molecular weight is 668 g/mol. The molecule has 6 rings (SSSR count). The van der Waals surface area contributed by atoms with Gasteiger partial charge in [-0.3, -0.25) is 9.59 Å². The van der Waals surface area contributed by atoms with Crippen LogP contribution in [0.1, 0.15) is 51.6 Å². The van der Waals surface area contributed by atoms with Gasteiger partial charge in [0.15, 0.2) is 23.1 Å². The summed E-state index contributed by atoms with van der Waals surface area (Å²) in [6.07, 6.45) is 2.09. The fraction of sp³-hybridized carbons (Fsp3) is 0.355. The Morgan fingerprint density at radius 2 is 1.63 bits per heavy atom. The van der Waals surface area contributed by atoms with E-state index in [4.69, 9.17) is 4.74 Å². The molecule has 0 amide bonds. The van der Waals surface area contributed by atoms with Gasteiger partial charge in [-0.15, -0.1) is 0 Å². The van der Waals surface area contributed by atoms with E-state index < -0.39 is 34.2 Å². The summed E-state index contributed by atoms with van der Waals surface area (Å²) in [4.78, 5) is 56.1. The van der Waals surface area contributed by atoms with Crippen LogP contribution in [0.25, 0.3) is 5.69 Å². The van der Waals surface area contributed by atoms with E-state index in [0.717, 1.165) is 10.1 Å². The molecule has 1 aliphatic heterocycles. The predicted octanol–water partition coefficient (Wildman–Crippen LogP) is 4.29. The van der Waals surface area contributed by atoms with Crippen molar-refractivity contribution in [2.75, 3.05) is 7.11 Å². The van der Waals surface area contributed by atoms with Crippen LogP contribution in [-0.4, -0.2) is 37.7 Å². The van der Waals surface area contributed by atoms with Crippen LogP contribution in [0.5, 0.6) is 11.5 Å². The van der Waals surface area contributed by atoms with Crippen LogP contribution in [-0.2, 0) is 16.1 Å². The van der Waals surface area contributed by atoms with Crippen molar-refractivity contribution in [3.63, 3.8) is 0 Å². The summed E-state index contributed by atoms with van der Waals surface area (Å²) in [6.45, 7) is 7.16. The van der Waals surface area contributed by atoms with Gasteiger partial charge in [-0.1, -0.05) is 38.1 Å². The molecule has 1 fully saturated rings. The lowest BCUT2D eigenvalue weighted by Gasteiger charge is -2.58. The number of hydrogen-bond acceptors (Lipinski definition) is 6. The maximum absolute atomic E-state index is 14.3. The third kappa shape index (κ3) is 3.45. The number of hydrogen-bond donors (Lipinski definition) is 1. The van der Waals surface area contributed by atoms with Gasteiger partial charge in [0.05, 0.1) is 34.4 Å². The van der Waals surface area contributed by atoms with Crippen LogP contribution in [0, 0.1) is 14.4 Å². The van der Waals surface area contributed by atoms with Gasteiger partial charge in [0.1, 0.15) is 0 Å². The van der Waals surface area contributed by atoms with Crippen LogP contribution in [0.3, 0.4) is 0 Å². The summed E-state index contributed by atoms with van der Waals surface area (Å²) in [7, 11) is 1.46. The van der Waals surface area contributed by atoms with Crippen molar-refractivity contribution >= 4 is 34.2 Å². The molecule has 0 spiro atoms. The summed E-state index contributed by atoms with van der Waals surface area (Å²) < 4.78 is 10.0. The molecule has 1 N–H and O–H groups in total. The smallest absolute Gasteiger partial charge is 0.352 e. The zero-order valence-corrected chi connectivity index (χ0v) is 25.6. The fourth-order valence-electron chi connectivity index (χ4n) is 7.29. The molecule has 3 aliphatic rings. The minimum atomic E-state index is -1.20. The second-order valence-corrected chi connectivity index (χ2v) is 12.7. The van der Waals surface area contributed by atoms with Crippen LogP contribution in [0.2, 0.25) is 0 Å². The third-order valence-corrected chi connectivity index (χ3v) is 10.6. The molecule has 10 heteroatoms. The molecule has 2 aliphatic carbocycles. The lowest BCUT2D eigenvalue weighted by molar-refractivity contribution is -0.151. The standard InChI is InChI=1S/C31H30IN3O6/c1-16-17(2)27(38)31(4)24(18-13-21(32)25(36)23(14-18)41-5)20-11-12-33-28(39)34(19-9-7-6-8-10-19)29(40)35(33)22(20)15-30(31,3)26(16)37/h6-11,13-14,22,24,36H,12,15H2,1-5H3/t22-,24+,30+,31-/m1/s1. The number of ketones is 2. The Bertz CT molecular complexity index is 1850. The number of fused-ring (bicyclic) bond motifs is 4. The van der Waals surface area contributed by atoms with Gasteiger partial charge in [0, 0.05) is 11.3 Å². The normalized spacial score (nSPS) is 27.2. The molecule has 4 atom stereocenters. The zero-order chi connectivity index (χ0) is 29.6. The number of Topliss-reactive ketones (excluding diaryl/α,β-unsaturated/α-hetero) is 2. The number of phenols is 1. The van der Waals surface area contributed by atoms with Gasteiger partial charge in [-0.2, -0.15) is 0 Å². The highest BCUT2D eigenvalue weighted by molar-refractivity contribution is 14.1. The van der Waals surface area contributed by atoms with Crippen molar-refractivity contribution < 1.29 is 19.4 Å². The highest BCUT2D eigenvalue weighted by Gasteiger charge is 2.66. The number of aromatic nitrogens is 3. The summed E-state index contributed by atoms with van der Waals surface area (Å²) in [5.41, 5.74) is -0.579. The molecular formula is C31H30IN3O6. The molecule has 1 saturated carbocycles. The average Bonchev–Trinajstić information content (AvgIpc) is 3.22. The van der Waals surface area contributed by atoms with E-state index in [-0.39, 0.29) is 36.0 Å². The number of halogens is 1. The van der Waals surface area contributed by atoms with Crippen LogP contribution in [0.4, 0.5) is 0 Å². The number of para-hydroxylation sites is 1. The van der Waals surface area contributed by atoms with Crippen molar-refractivity contribution in [2.24, 2.45) is 10.8 Å². The monoisotopic (exact) mass is 667 g/mol. The van der Waals surface area contributed by atoms with E-state index in [9.17, 15) is 24.3 Å². The Balaban J connectivity index is 1.66. The minimum Gasteiger partial charge on any atom is -0.504 e. The first-order valence-electron chi connectivity index (χ1n) is 13.4. The Morgan fingerprint density at radius 1 is 0.976 bits per heavy atom. The van der Waals surface area contributed by atoms with E-state index in [1.54, 1.807) is 50.2 Å². The predicted molar refractivity (Wildman–Crippen MR) is 161 cm³/mol. The quantitative estimate of drug-likeness (QED) is 0.330. The first-order chi connectivity index (χ1) is 19.4. The summed E-state index contributed by atoms with van der Waals surface area (Å²) in [6, 6.07) is 11.6. The van der Waals surface area contributed by atoms with Crippen molar-refractivity contribution in [1.29, 1.82) is 0 Å². The largest absolute Gasteiger partial charge is 0.504 e. The van der Waals surface area contributed by atoms with Crippen molar-refractivity contribution in [1.82, 2.24) is 13.9 Å². The maximum atomic E-state index is 14.3. The van der Waals surface area contributed by atoms with Crippen molar-refractivity contribution in [2.45, 2.75) is 52.6 Å². The summed E-state index contributed by atoms with van der Waals surface area (Å²) >= 11 is 2.02. The number of allylic oxidation sites excluding steroid dienone is 4. The molecule has 1 aromatic heterocycles. The van der Waals surface area contributed by atoms with Crippen LogP contribution < -0.4 is 16.1 Å². The lowest BCUT2D eigenvalue weighted by atomic mass is 9.43. The molecule has 41 heavy (non-hydrogen) atoms. The number of phenolic OH excluding ortho intramolecular Hbond substituents is 1. The molecule has 2 heterocycles. The zero-order valence-electron chi connectivity index (χ0n) is 23.4. The number of nitrogens with zero attached hydrogens (tertiary/aromatic N) is 3. The number of aromatic hydroxyl groups is 1. The number of rotatable bonds is 3. The van der Waals surface area contributed by atoms with Gasteiger partial charge in [0.25, 0.3) is 0 Å².